The van der Waals surface area contributed by atoms with Gasteiger partial charge in [-0.2, -0.15) is 20.1 Å². The minimum atomic E-state index is 0.124. The van der Waals surface area contributed by atoms with Gasteiger partial charge in [-0.1, -0.05) is 12.1 Å². The SMILES string of the molecule is c1cc(-c2nc(OC3CCNCC3)nc(N3CCOCC3)n2)c2cn[nH]c2c1. The van der Waals surface area contributed by atoms with Gasteiger partial charge in [0.15, 0.2) is 5.82 Å². The number of fused-ring (bicyclic) bond motifs is 1. The summed E-state index contributed by atoms with van der Waals surface area (Å²) in [5.74, 6) is 1.24. The van der Waals surface area contributed by atoms with Crippen molar-refractivity contribution in [3.05, 3.63) is 24.4 Å². The summed E-state index contributed by atoms with van der Waals surface area (Å²) >= 11 is 0. The molecule has 28 heavy (non-hydrogen) atoms. The highest BCUT2D eigenvalue weighted by Crippen LogP contribution is 2.28. The van der Waals surface area contributed by atoms with Gasteiger partial charge in [-0.15, -0.1) is 0 Å². The summed E-state index contributed by atoms with van der Waals surface area (Å²) in [6, 6.07) is 6.35. The fourth-order valence-corrected chi connectivity index (χ4v) is 3.65. The third-order valence-corrected chi connectivity index (χ3v) is 5.18. The fraction of sp³-hybridized carbons (Fsp3) is 0.474. The maximum Gasteiger partial charge on any atom is 0.322 e. The molecule has 2 aliphatic rings. The summed E-state index contributed by atoms with van der Waals surface area (Å²) in [4.78, 5) is 16.2. The van der Waals surface area contributed by atoms with Gasteiger partial charge in [-0.05, 0) is 32.0 Å². The Kier molecular flexibility index (Phi) is 4.76. The monoisotopic (exact) mass is 381 g/mol. The number of nitrogens with one attached hydrogen (secondary N) is 2. The van der Waals surface area contributed by atoms with Crippen LogP contribution in [0.15, 0.2) is 24.4 Å². The lowest BCUT2D eigenvalue weighted by Crippen LogP contribution is -2.38. The van der Waals surface area contributed by atoms with Gasteiger partial charge in [-0.25, -0.2) is 0 Å². The molecular formula is C19H23N7O2. The van der Waals surface area contributed by atoms with E-state index in [9.17, 15) is 0 Å². The maximum atomic E-state index is 6.16. The van der Waals surface area contributed by atoms with Gasteiger partial charge < -0.3 is 19.7 Å². The molecule has 0 amide bonds. The smallest absolute Gasteiger partial charge is 0.322 e. The molecule has 4 heterocycles. The van der Waals surface area contributed by atoms with Crippen molar-refractivity contribution in [2.24, 2.45) is 0 Å². The Morgan fingerprint density at radius 1 is 1.07 bits per heavy atom. The number of rotatable bonds is 4. The summed E-state index contributed by atoms with van der Waals surface area (Å²) in [5, 5.41) is 11.5. The van der Waals surface area contributed by atoms with Crippen molar-refractivity contribution in [3.8, 4) is 17.4 Å². The molecule has 2 saturated heterocycles. The molecule has 0 radical (unpaired) electrons. The Morgan fingerprint density at radius 2 is 1.93 bits per heavy atom. The first-order valence-corrected chi connectivity index (χ1v) is 9.75. The maximum absolute atomic E-state index is 6.16. The molecular weight excluding hydrogens is 358 g/mol. The highest BCUT2D eigenvalue weighted by molar-refractivity contribution is 5.92. The minimum Gasteiger partial charge on any atom is -0.460 e. The summed E-state index contributed by atoms with van der Waals surface area (Å²) < 4.78 is 11.6. The molecule has 0 spiro atoms. The van der Waals surface area contributed by atoms with Crippen LogP contribution in [0, 0.1) is 0 Å². The van der Waals surface area contributed by atoms with Crippen LogP contribution < -0.4 is 15.0 Å². The largest absolute Gasteiger partial charge is 0.460 e. The summed E-state index contributed by atoms with van der Waals surface area (Å²) in [6.45, 7) is 4.75. The van der Waals surface area contributed by atoms with Gasteiger partial charge in [0.25, 0.3) is 0 Å². The van der Waals surface area contributed by atoms with Crippen LogP contribution in [-0.4, -0.2) is 70.6 Å². The first-order valence-electron chi connectivity index (χ1n) is 9.75. The van der Waals surface area contributed by atoms with E-state index in [0.717, 1.165) is 55.5 Å². The van der Waals surface area contributed by atoms with E-state index < -0.39 is 0 Å². The number of aromatic nitrogens is 5. The number of aromatic amines is 1. The molecule has 1 aromatic carbocycles. The summed E-state index contributed by atoms with van der Waals surface area (Å²) in [7, 11) is 0. The molecule has 9 heteroatoms. The second-order valence-electron chi connectivity index (χ2n) is 7.05. The fourth-order valence-electron chi connectivity index (χ4n) is 3.65. The van der Waals surface area contributed by atoms with E-state index in [1.165, 1.54) is 0 Å². The first kappa shape index (κ1) is 17.3. The van der Waals surface area contributed by atoms with Crippen molar-refractivity contribution in [1.82, 2.24) is 30.5 Å². The number of morpholine rings is 1. The molecule has 3 aromatic rings. The van der Waals surface area contributed by atoms with E-state index in [1.807, 2.05) is 18.2 Å². The molecule has 9 nitrogen and oxygen atoms in total. The number of hydrogen-bond donors (Lipinski definition) is 2. The zero-order valence-corrected chi connectivity index (χ0v) is 15.6. The average molecular weight is 381 g/mol. The molecule has 0 unspecified atom stereocenters. The third kappa shape index (κ3) is 3.50. The summed E-state index contributed by atoms with van der Waals surface area (Å²) in [5.41, 5.74) is 1.87. The Balaban J connectivity index is 1.55. The van der Waals surface area contributed by atoms with E-state index in [1.54, 1.807) is 6.20 Å². The van der Waals surface area contributed by atoms with Crippen LogP contribution in [0.2, 0.25) is 0 Å². The average Bonchev–Trinajstić information content (AvgIpc) is 3.24. The van der Waals surface area contributed by atoms with E-state index >= 15 is 0 Å². The second kappa shape index (κ2) is 7.69. The molecule has 2 aromatic heterocycles. The van der Waals surface area contributed by atoms with E-state index in [4.69, 9.17) is 14.5 Å². The molecule has 2 fully saturated rings. The molecule has 0 aliphatic carbocycles. The lowest BCUT2D eigenvalue weighted by Gasteiger charge is -2.28. The third-order valence-electron chi connectivity index (χ3n) is 5.18. The van der Waals surface area contributed by atoms with Crippen molar-refractivity contribution in [2.75, 3.05) is 44.3 Å². The number of nitrogens with zero attached hydrogens (tertiary/aromatic N) is 5. The quantitative estimate of drug-likeness (QED) is 0.699. The van der Waals surface area contributed by atoms with Gasteiger partial charge in [-0.3, -0.25) is 5.10 Å². The predicted octanol–water partition coefficient (Wildman–Crippen LogP) is 1.38. The highest BCUT2D eigenvalue weighted by atomic mass is 16.5. The number of anilines is 1. The van der Waals surface area contributed by atoms with Gasteiger partial charge in [0.05, 0.1) is 24.9 Å². The molecule has 146 valence electrons. The normalized spacial score (nSPS) is 18.5. The van der Waals surface area contributed by atoms with Gasteiger partial charge in [0, 0.05) is 24.0 Å². The van der Waals surface area contributed by atoms with Crippen LogP contribution in [0.3, 0.4) is 0 Å². The van der Waals surface area contributed by atoms with E-state index in [0.29, 0.717) is 31.0 Å². The van der Waals surface area contributed by atoms with Crippen LogP contribution >= 0.6 is 0 Å². The molecule has 2 N–H and O–H groups in total. The van der Waals surface area contributed by atoms with Crippen LogP contribution in [0.5, 0.6) is 6.01 Å². The van der Waals surface area contributed by atoms with Crippen LogP contribution in [0.1, 0.15) is 12.8 Å². The van der Waals surface area contributed by atoms with E-state index in [2.05, 4.69) is 30.4 Å². The number of piperidine rings is 1. The lowest BCUT2D eigenvalue weighted by atomic mass is 10.1. The minimum absolute atomic E-state index is 0.124. The standard InChI is InChI=1S/C19H23N7O2/c1-2-14(15-12-21-25-16(15)3-1)17-22-18(26-8-10-27-11-9-26)24-19(23-17)28-13-4-6-20-7-5-13/h1-3,12-13,20H,4-11H2,(H,21,25). The van der Waals surface area contributed by atoms with Crippen molar-refractivity contribution in [3.63, 3.8) is 0 Å². The van der Waals surface area contributed by atoms with Crippen molar-refractivity contribution >= 4 is 16.9 Å². The molecule has 0 bridgehead atoms. The Labute approximate surface area is 162 Å². The molecule has 0 saturated carbocycles. The van der Waals surface area contributed by atoms with Crippen molar-refractivity contribution in [2.45, 2.75) is 18.9 Å². The number of H-pyrrole nitrogens is 1. The topological polar surface area (TPSA) is 101 Å². The van der Waals surface area contributed by atoms with Gasteiger partial charge in [0.2, 0.25) is 5.95 Å². The molecule has 2 aliphatic heterocycles. The van der Waals surface area contributed by atoms with Gasteiger partial charge >= 0.3 is 6.01 Å². The van der Waals surface area contributed by atoms with Crippen molar-refractivity contribution < 1.29 is 9.47 Å². The Morgan fingerprint density at radius 3 is 2.79 bits per heavy atom. The number of hydrogen-bond acceptors (Lipinski definition) is 8. The molecule has 5 rings (SSSR count). The lowest BCUT2D eigenvalue weighted by molar-refractivity contribution is 0.121. The Bertz CT molecular complexity index is 948. The van der Waals surface area contributed by atoms with Crippen molar-refractivity contribution in [1.29, 1.82) is 0 Å². The van der Waals surface area contributed by atoms with Crippen LogP contribution in [0.4, 0.5) is 5.95 Å². The second-order valence-corrected chi connectivity index (χ2v) is 7.05. The highest BCUT2D eigenvalue weighted by Gasteiger charge is 2.21. The number of ether oxygens (including phenoxy) is 2. The molecule has 0 atom stereocenters. The number of benzene rings is 1. The van der Waals surface area contributed by atoms with E-state index in [-0.39, 0.29) is 6.10 Å². The van der Waals surface area contributed by atoms with Crippen LogP contribution in [-0.2, 0) is 4.74 Å². The summed E-state index contributed by atoms with van der Waals surface area (Å²) in [6.07, 6.45) is 3.82. The zero-order valence-electron chi connectivity index (χ0n) is 15.6. The predicted molar refractivity (Wildman–Crippen MR) is 104 cm³/mol. The first-order chi connectivity index (χ1) is 13.9. The van der Waals surface area contributed by atoms with Crippen LogP contribution in [0.25, 0.3) is 22.3 Å². The van der Waals surface area contributed by atoms with Gasteiger partial charge in [0.1, 0.15) is 6.10 Å². The Hall–Kier alpha value is -2.78. The zero-order chi connectivity index (χ0) is 18.8.